The van der Waals surface area contributed by atoms with Gasteiger partial charge in [-0.1, -0.05) is 0 Å². The van der Waals surface area contributed by atoms with E-state index in [1.54, 1.807) is 6.20 Å². The molecule has 2 aromatic heterocycles. The highest BCUT2D eigenvalue weighted by Crippen LogP contribution is 2.47. The Morgan fingerprint density at radius 3 is 2.96 bits per heavy atom. The Kier molecular flexibility index (Phi) is 2.58. The molecule has 25 heavy (non-hydrogen) atoms. The third kappa shape index (κ3) is 1.89. The summed E-state index contributed by atoms with van der Waals surface area (Å²) in [6.45, 7) is 1.51. The Morgan fingerprint density at radius 1 is 1.32 bits per heavy atom. The van der Waals surface area contributed by atoms with Gasteiger partial charge in [-0.05, 0) is 18.2 Å². The van der Waals surface area contributed by atoms with Gasteiger partial charge in [-0.2, -0.15) is 4.98 Å². The summed E-state index contributed by atoms with van der Waals surface area (Å²) in [5, 5.41) is 9.18. The van der Waals surface area contributed by atoms with Crippen LogP contribution in [0, 0.1) is 0 Å². The molecule has 0 bridgehead atoms. The molecule has 126 valence electrons. The van der Waals surface area contributed by atoms with E-state index >= 15 is 0 Å². The number of nitrogen functional groups attached to an aromatic ring is 1. The minimum Gasteiger partial charge on any atom is -0.465 e. The first-order valence-corrected chi connectivity index (χ1v) is 7.78. The first-order chi connectivity index (χ1) is 12.1. The zero-order chi connectivity index (χ0) is 17.2. The lowest BCUT2D eigenvalue weighted by molar-refractivity contribution is 0.0657. The van der Waals surface area contributed by atoms with Crippen molar-refractivity contribution in [3.63, 3.8) is 0 Å². The number of likely N-dealkylation sites (tertiary alicyclic amines) is 1. The van der Waals surface area contributed by atoms with Gasteiger partial charge >= 0.3 is 6.09 Å². The van der Waals surface area contributed by atoms with Gasteiger partial charge in [0.15, 0.2) is 5.58 Å². The standard InChI is InChI=1S/C16H14N6O3/c17-14-20-10-3-9(1-2-12(10)25-14)22-7-16(5-21(6-16)15(23)24)13-11(22)4-18-8-19-13/h1-4,8H,5-7H2,(H2,17,20)(H,23,24). The molecule has 0 atom stereocenters. The third-order valence-corrected chi connectivity index (χ3v) is 4.90. The highest BCUT2D eigenvalue weighted by molar-refractivity contribution is 5.82. The maximum absolute atomic E-state index is 11.2. The third-order valence-electron chi connectivity index (χ3n) is 4.90. The highest BCUT2D eigenvalue weighted by atomic mass is 16.4. The van der Waals surface area contributed by atoms with Crippen LogP contribution in [-0.2, 0) is 5.41 Å². The van der Waals surface area contributed by atoms with Crippen LogP contribution in [0.3, 0.4) is 0 Å². The van der Waals surface area contributed by atoms with Crippen molar-refractivity contribution in [1.29, 1.82) is 0 Å². The van der Waals surface area contributed by atoms with E-state index < -0.39 is 6.09 Å². The van der Waals surface area contributed by atoms with Crippen LogP contribution in [0.5, 0.6) is 0 Å². The maximum atomic E-state index is 11.2. The van der Waals surface area contributed by atoms with E-state index in [0.29, 0.717) is 30.7 Å². The molecule has 3 aromatic rings. The molecule has 0 aliphatic carbocycles. The zero-order valence-electron chi connectivity index (χ0n) is 13.1. The SMILES string of the molecule is Nc1nc2cc(N3CC4(CN(C(=O)O)C4)c4ncncc43)ccc2o1. The second-order valence-corrected chi connectivity index (χ2v) is 6.47. The number of nitrogens with two attached hydrogens (primary N) is 1. The van der Waals surface area contributed by atoms with E-state index in [9.17, 15) is 9.90 Å². The molecule has 1 aromatic carbocycles. The molecule has 0 saturated carbocycles. The second-order valence-electron chi connectivity index (χ2n) is 6.47. The molecular weight excluding hydrogens is 324 g/mol. The molecule has 3 N–H and O–H groups in total. The summed E-state index contributed by atoms with van der Waals surface area (Å²) in [6, 6.07) is 5.78. The lowest BCUT2D eigenvalue weighted by Gasteiger charge is -2.46. The van der Waals surface area contributed by atoms with Gasteiger partial charge in [0, 0.05) is 25.3 Å². The molecule has 0 unspecified atom stereocenters. The number of amides is 1. The molecule has 1 amide bonds. The normalized spacial score (nSPS) is 17.8. The lowest BCUT2D eigenvalue weighted by Crippen LogP contribution is -2.62. The molecule has 2 aliphatic heterocycles. The monoisotopic (exact) mass is 338 g/mol. The van der Waals surface area contributed by atoms with Crippen LogP contribution in [0.4, 0.5) is 22.2 Å². The highest BCUT2D eigenvalue weighted by Gasteiger charge is 2.54. The molecule has 1 fully saturated rings. The molecule has 4 heterocycles. The number of aromatic nitrogens is 3. The molecule has 9 nitrogen and oxygen atoms in total. The van der Waals surface area contributed by atoms with Crippen molar-refractivity contribution in [3.05, 3.63) is 36.4 Å². The van der Waals surface area contributed by atoms with Crippen LogP contribution < -0.4 is 10.6 Å². The minimum absolute atomic E-state index is 0.130. The molecule has 1 spiro atoms. The van der Waals surface area contributed by atoms with Crippen LogP contribution in [-0.4, -0.2) is 50.7 Å². The number of hydrogen-bond donors (Lipinski definition) is 2. The summed E-state index contributed by atoms with van der Waals surface area (Å²) < 4.78 is 5.32. The smallest absolute Gasteiger partial charge is 0.407 e. The van der Waals surface area contributed by atoms with E-state index in [-0.39, 0.29) is 11.4 Å². The van der Waals surface area contributed by atoms with E-state index in [0.717, 1.165) is 17.1 Å². The topological polar surface area (TPSA) is 122 Å². The van der Waals surface area contributed by atoms with Gasteiger partial charge in [-0.25, -0.2) is 14.8 Å². The van der Waals surface area contributed by atoms with E-state index in [1.807, 2.05) is 18.2 Å². The predicted octanol–water partition coefficient (Wildman–Crippen LogP) is 1.58. The van der Waals surface area contributed by atoms with E-state index in [4.69, 9.17) is 10.2 Å². The largest absolute Gasteiger partial charge is 0.465 e. The van der Waals surface area contributed by atoms with E-state index in [1.165, 1.54) is 11.2 Å². The van der Waals surface area contributed by atoms with Crippen LogP contribution in [0.15, 0.2) is 35.1 Å². The van der Waals surface area contributed by atoms with Crippen molar-refractivity contribution in [1.82, 2.24) is 19.9 Å². The fraction of sp³-hybridized carbons (Fsp3) is 0.250. The van der Waals surface area contributed by atoms with Gasteiger partial charge in [-0.3, -0.25) is 0 Å². The van der Waals surface area contributed by atoms with Gasteiger partial charge in [0.25, 0.3) is 6.01 Å². The minimum atomic E-state index is -0.904. The summed E-state index contributed by atoms with van der Waals surface area (Å²) in [6.07, 6.45) is 2.37. The number of fused-ring (bicyclic) bond motifs is 3. The van der Waals surface area contributed by atoms with Crippen molar-refractivity contribution >= 4 is 34.6 Å². The Hall–Kier alpha value is -3.36. The van der Waals surface area contributed by atoms with Crippen molar-refractivity contribution in [2.24, 2.45) is 0 Å². The number of nitrogens with zero attached hydrogens (tertiary/aromatic N) is 5. The second kappa shape index (κ2) is 4.59. The number of hydrogen-bond acceptors (Lipinski definition) is 7. The Bertz CT molecular complexity index is 1010. The van der Waals surface area contributed by atoms with Crippen LogP contribution in [0.25, 0.3) is 11.1 Å². The fourth-order valence-electron chi connectivity index (χ4n) is 3.79. The van der Waals surface area contributed by atoms with Crippen molar-refractivity contribution < 1.29 is 14.3 Å². The van der Waals surface area contributed by atoms with Gasteiger partial charge in [0.2, 0.25) is 0 Å². The maximum Gasteiger partial charge on any atom is 0.407 e. The molecule has 9 heteroatoms. The van der Waals surface area contributed by atoms with Gasteiger partial charge < -0.3 is 25.1 Å². The lowest BCUT2D eigenvalue weighted by atomic mass is 9.78. The molecule has 0 radical (unpaired) electrons. The Morgan fingerprint density at radius 2 is 2.16 bits per heavy atom. The molecule has 1 saturated heterocycles. The summed E-state index contributed by atoms with van der Waals surface area (Å²) in [7, 11) is 0. The first kappa shape index (κ1) is 14.0. The summed E-state index contributed by atoms with van der Waals surface area (Å²) in [4.78, 5) is 27.4. The predicted molar refractivity (Wildman–Crippen MR) is 88.7 cm³/mol. The molecule has 2 aliphatic rings. The van der Waals surface area contributed by atoms with Gasteiger partial charge in [-0.15, -0.1) is 0 Å². The molecule has 5 rings (SSSR count). The first-order valence-electron chi connectivity index (χ1n) is 7.78. The average molecular weight is 338 g/mol. The Balaban J connectivity index is 1.57. The van der Waals surface area contributed by atoms with Crippen molar-refractivity contribution in [3.8, 4) is 0 Å². The van der Waals surface area contributed by atoms with Crippen molar-refractivity contribution in [2.75, 3.05) is 30.3 Å². The number of rotatable bonds is 1. The summed E-state index contributed by atoms with van der Waals surface area (Å²) in [5.41, 5.74) is 9.32. The quantitative estimate of drug-likeness (QED) is 0.686. The Labute approximate surface area is 141 Å². The van der Waals surface area contributed by atoms with Crippen LogP contribution in [0.1, 0.15) is 5.69 Å². The summed E-state index contributed by atoms with van der Waals surface area (Å²) in [5.74, 6) is 0. The van der Waals surface area contributed by atoms with E-state index in [2.05, 4.69) is 19.9 Å². The van der Waals surface area contributed by atoms with Gasteiger partial charge in [0.1, 0.15) is 11.8 Å². The van der Waals surface area contributed by atoms with Crippen LogP contribution >= 0.6 is 0 Å². The number of oxazole rings is 1. The number of carbonyl (C=O) groups is 1. The summed E-state index contributed by atoms with van der Waals surface area (Å²) >= 11 is 0. The zero-order valence-corrected chi connectivity index (χ0v) is 13.1. The van der Waals surface area contributed by atoms with Crippen LogP contribution in [0.2, 0.25) is 0 Å². The fourth-order valence-corrected chi connectivity index (χ4v) is 3.79. The van der Waals surface area contributed by atoms with Gasteiger partial charge in [0.05, 0.1) is 23.0 Å². The number of anilines is 3. The van der Waals surface area contributed by atoms with Crippen molar-refractivity contribution in [2.45, 2.75) is 5.41 Å². The number of carboxylic acid groups (broad SMARTS) is 1. The average Bonchev–Trinajstić information content (AvgIpc) is 3.09. The molecular formula is C16H14N6O3. The number of benzene rings is 1.